The smallest absolute Gasteiger partial charge is 0.123 e. The molecule has 1 heterocycles. The number of fused-ring (bicyclic) bond motifs is 1. The topological polar surface area (TPSA) is 12.0 Å². The molecule has 0 bridgehead atoms. The number of hydrogen-bond acceptors (Lipinski definition) is 1. The third kappa shape index (κ3) is 2.55. The van der Waals surface area contributed by atoms with Gasteiger partial charge in [0.1, 0.15) is 5.82 Å². The Morgan fingerprint density at radius 1 is 1.10 bits per heavy atom. The standard InChI is InChI=1S/C18H20FN/c1-12(2)14-5-8-18-15(9-14)10-16(11-20-18)13-3-6-17(19)7-4-13/h3-9,12,16,20H,10-11H2,1-2H3. The van der Waals surface area contributed by atoms with E-state index in [2.05, 4.69) is 37.4 Å². The van der Waals surface area contributed by atoms with Crippen LogP contribution in [-0.4, -0.2) is 6.54 Å². The van der Waals surface area contributed by atoms with Crippen LogP contribution in [0.15, 0.2) is 42.5 Å². The van der Waals surface area contributed by atoms with Crippen LogP contribution in [0.1, 0.15) is 42.4 Å². The van der Waals surface area contributed by atoms with Crippen LogP contribution in [-0.2, 0) is 6.42 Å². The second-order valence-corrected chi connectivity index (χ2v) is 5.90. The minimum Gasteiger partial charge on any atom is -0.384 e. The van der Waals surface area contributed by atoms with E-state index >= 15 is 0 Å². The van der Waals surface area contributed by atoms with Crippen LogP contribution in [0.3, 0.4) is 0 Å². The molecule has 0 fully saturated rings. The highest BCUT2D eigenvalue weighted by Crippen LogP contribution is 2.32. The number of anilines is 1. The summed E-state index contributed by atoms with van der Waals surface area (Å²) in [7, 11) is 0. The molecule has 1 N–H and O–H groups in total. The van der Waals surface area contributed by atoms with Crippen molar-refractivity contribution < 1.29 is 4.39 Å². The van der Waals surface area contributed by atoms with Crippen LogP contribution in [0.5, 0.6) is 0 Å². The number of rotatable bonds is 2. The van der Waals surface area contributed by atoms with E-state index in [9.17, 15) is 4.39 Å². The number of halogens is 1. The molecule has 0 radical (unpaired) electrons. The molecule has 1 aliphatic heterocycles. The van der Waals surface area contributed by atoms with E-state index in [0.717, 1.165) is 13.0 Å². The fraction of sp³-hybridized carbons (Fsp3) is 0.333. The van der Waals surface area contributed by atoms with Crippen LogP contribution >= 0.6 is 0 Å². The van der Waals surface area contributed by atoms with Crippen molar-refractivity contribution in [2.24, 2.45) is 0 Å². The van der Waals surface area contributed by atoms with Crippen molar-refractivity contribution in [2.75, 3.05) is 11.9 Å². The van der Waals surface area contributed by atoms with Gasteiger partial charge in [0.25, 0.3) is 0 Å². The van der Waals surface area contributed by atoms with Gasteiger partial charge in [-0.05, 0) is 47.2 Å². The van der Waals surface area contributed by atoms with Gasteiger partial charge in [0, 0.05) is 18.2 Å². The zero-order valence-corrected chi connectivity index (χ0v) is 12.0. The Morgan fingerprint density at radius 3 is 2.55 bits per heavy atom. The summed E-state index contributed by atoms with van der Waals surface area (Å²) in [6.07, 6.45) is 1.02. The van der Waals surface area contributed by atoms with Crippen molar-refractivity contribution in [3.63, 3.8) is 0 Å². The van der Waals surface area contributed by atoms with E-state index in [1.54, 1.807) is 12.1 Å². The van der Waals surface area contributed by atoms with Crippen LogP contribution in [0.4, 0.5) is 10.1 Å². The SMILES string of the molecule is CC(C)c1ccc2c(c1)CC(c1ccc(F)cc1)CN2. The molecule has 1 aliphatic rings. The third-order valence-corrected chi connectivity index (χ3v) is 4.14. The van der Waals surface area contributed by atoms with Crippen molar-refractivity contribution >= 4 is 5.69 Å². The molecule has 0 spiro atoms. The lowest BCUT2D eigenvalue weighted by molar-refractivity contribution is 0.623. The first-order chi connectivity index (χ1) is 9.63. The Kier molecular flexibility index (Phi) is 3.47. The van der Waals surface area contributed by atoms with Gasteiger partial charge >= 0.3 is 0 Å². The normalized spacial score (nSPS) is 17.7. The van der Waals surface area contributed by atoms with Crippen LogP contribution < -0.4 is 5.32 Å². The van der Waals surface area contributed by atoms with Crippen molar-refractivity contribution in [1.29, 1.82) is 0 Å². The molecule has 20 heavy (non-hydrogen) atoms. The molecule has 1 nitrogen and oxygen atoms in total. The van der Waals surface area contributed by atoms with Gasteiger partial charge in [0.2, 0.25) is 0 Å². The molecule has 0 amide bonds. The zero-order valence-electron chi connectivity index (χ0n) is 12.0. The summed E-state index contributed by atoms with van der Waals surface area (Å²) in [5, 5.41) is 3.50. The van der Waals surface area contributed by atoms with Crippen molar-refractivity contribution in [1.82, 2.24) is 0 Å². The maximum atomic E-state index is 13.0. The molecule has 2 aromatic carbocycles. The maximum Gasteiger partial charge on any atom is 0.123 e. The molecule has 0 aliphatic carbocycles. The zero-order chi connectivity index (χ0) is 14.1. The van der Waals surface area contributed by atoms with Gasteiger partial charge in [-0.15, -0.1) is 0 Å². The average Bonchev–Trinajstić information content (AvgIpc) is 2.47. The first-order valence-electron chi connectivity index (χ1n) is 7.25. The van der Waals surface area contributed by atoms with E-state index in [1.807, 2.05) is 12.1 Å². The van der Waals surface area contributed by atoms with Crippen LogP contribution in [0.25, 0.3) is 0 Å². The Bertz CT molecular complexity index is 601. The minimum atomic E-state index is -0.167. The van der Waals surface area contributed by atoms with Crippen LogP contribution in [0, 0.1) is 5.82 Å². The summed E-state index contributed by atoms with van der Waals surface area (Å²) in [5.41, 5.74) is 5.20. The second-order valence-electron chi connectivity index (χ2n) is 5.90. The van der Waals surface area contributed by atoms with Crippen molar-refractivity contribution in [2.45, 2.75) is 32.1 Å². The summed E-state index contributed by atoms with van der Waals surface area (Å²) < 4.78 is 13.0. The summed E-state index contributed by atoms with van der Waals surface area (Å²) in [6, 6.07) is 13.6. The molecule has 104 valence electrons. The average molecular weight is 269 g/mol. The van der Waals surface area contributed by atoms with Gasteiger partial charge in [0.05, 0.1) is 0 Å². The fourth-order valence-electron chi connectivity index (χ4n) is 2.86. The van der Waals surface area contributed by atoms with Crippen LogP contribution in [0.2, 0.25) is 0 Å². The summed E-state index contributed by atoms with van der Waals surface area (Å²) in [4.78, 5) is 0. The van der Waals surface area contributed by atoms with E-state index in [0.29, 0.717) is 11.8 Å². The molecular formula is C18H20FN. The Morgan fingerprint density at radius 2 is 1.85 bits per heavy atom. The number of hydrogen-bond donors (Lipinski definition) is 1. The summed E-state index contributed by atoms with van der Waals surface area (Å²) in [6.45, 7) is 5.35. The molecule has 0 saturated carbocycles. The first kappa shape index (κ1) is 13.2. The summed E-state index contributed by atoms with van der Waals surface area (Å²) >= 11 is 0. The largest absolute Gasteiger partial charge is 0.384 e. The van der Waals surface area contributed by atoms with Crippen molar-refractivity contribution in [3.8, 4) is 0 Å². The Labute approximate surface area is 119 Å². The molecule has 1 atom stereocenters. The highest BCUT2D eigenvalue weighted by molar-refractivity contribution is 5.56. The van der Waals surface area contributed by atoms with Gasteiger partial charge in [-0.1, -0.05) is 38.1 Å². The minimum absolute atomic E-state index is 0.167. The summed E-state index contributed by atoms with van der Waals surface area (Å²) in [5.74, 6) is 0.803. The molecule has 2 heteroatoms. The third-order valence-electron chi connectivity index (χ3n) is 4.14. The number of benzene rings is 2. The van der Waals surface area contributed by atoms with E-state index in [4.69, 9.17) is 0 Å². The van der Waals surface area contributed by atoms with E-state index in [1.165, 1.54) is 22.4 Å². The van der Waals surface area contributed by atoms with Gasteiger partial charge < -0.3 is 5.32 Å². The fourth-order valence-corrected chi connectivity index (χ4v) is 2.86. The lowest BCUT2D eigenvalue weighted by atomic mass is 9.86. The maximum absolute atomic E-state index is 13.0. The Hall–Kier alpha value is -1.83. The second kappa shape index (κ2) is 5.28. The predicted octanol–water partition coefficient (Wildman–Crippen LogP) is 4.70. The lowest BCUT2D eigenvalue weighted by Crippen LogP contribution is -2.21. The van der Waals surface area contributed by atoms with Gasteiger partial charge in [-0.2, -0.15) is 0 Å². The van der Waals surface area contributed by atoms with Crippen molar-refractivity contribution in [3.05, 3.63) is 65.0 Å². The van der Waals surface area contributed by atoms with E-state index in [-0.39, 0.29) is 5.82 Å². The predicted molar refractivity (Wildman–Crippen MR) is 81.9 cm³/mol. The van der Waals surface area contributed by atoms with Gasteiger partial charge in [0.15, 0.2) is 0 Å². The highest BCUT2D eigenvalue weighted by Gasteiger charge is 2.20. The molecule has 1 unspecified atom stereocenters. The van der Waals surface area contributed by atoms with E-state index < -0.39 is 0 Å². The first-order valence-corrected chi connectivity index (χ1v) is 7.25. The quantitative estimate of drug-likeness (QED) is 0.833. The highest BCUT2D eigenvalue weighted by atomic mass is 19.1. The molecule has 0 saturated heterocycles. The molecular weight excluding hydrogens is 249 g/mol. The molecule has 3 rings (SSSR count). The van der Waals surface area contributed by atoms with Gasteiger partial charge in [-0.25, -0.2) is 4.39 Å². The molecule has 0 aromatic heterocycles. The lowest BCUT2D eigenvalue weighted by Gasteiger charge is -2.27. The Balaban J connectivity index is 1.87. The number of nitrogens with one attached hydrogen (secondary N) is 1. The van der Waals surface area contributed by atoms with Gasteiger partial charge in [-0.3, -0.25) is 0 Å². The monoisotopic (exact) mass is 269 g/mol. The molecule has 2 aromatic rings.